The van der Waals surface area contributed by atoms with E-state index in [1.807, 2.05) is 17.8 Å². The van der Waals surface area contributed by atoms with Crippen molar-refractivity contribution in [3.63, 3.8) is 0 Å². The van der Waals surface area contributed by atoms with Crippen LogP contribution in [0.3, 0.4) is 0 Å². The number of piperazine rings is 1. The molecule has 92 valence electrons. The SMILES string of the molecule is Nc1nc2c(cc1Cl)SCC[C@@H]1CNCCN21. The molecule has 0 saturated carbocycles. The first kappa shape index (κ1) is 11.4. The third kappa shape index (κ3) is 2.07. The van der Waals surface area contributed by atoms with Crippen molar-refractivity contribution >= 4 is 35.0 Å². The predicted molar refractivity (Wildman–Crippen MR) is 73.0 cm³/mol. The van der Waals surface area contributed by atoms with Crippen LogP contribution >= 0.6 is 23.4 Å². The van der Waals surface area contributed by atoms with Gasteiger partial charge < -0.3 is 16.0 Å². The summed E-state index contributed by atoms with van der Waals surface area (Å²) in [7, 11) is 0. The van der Waals surface area contributed by atoms with Gasteiger partial charge in [0.25, 0.3) is 0 Å². The summed E-state index contributed by atoms with van der Waals surface area (Å²) in [4.78, 5) is 8.02. The Balaban J connectivity index is 2.05. The maximum absolute atomic E-state index is 6.04. The molecule has 17 heavy (non-hydrogen) atoms. The molecule has 6 heteroatoms. The standard InChI is InChI=1S/C11H15ClN4S/c12-8-5-9-11(15-10(8)13)16-3-2-14-6-7(16)1-4-17-9/h5,7,14H,1-4,6H2,(H2,13,15)/t7-/m1/s1. The summed E-state index contributed by atoms with van der Waals surface area (Å²) in [6.45, 7) is 3.03. The van der Waals surface area contributed by atoms with Gasteiger partial charge in [-0.2, -0.15) is 0 Å². The molecule has 0 aromatic carbocycles. The monoisotopic (exact) mass is 270 g/mol. The van der Waals surface area contributed by atoms with Gasteiger partial charge in [-0.3, -0.25) is 0 Å². The quantitative estimate of drug-likeness (QED) is 0.750. The third-order valence-electron chi connectivity index (χ3n) is 3.28. The summed E-state index contributed by atoms with van der Waals surface area (Å²) in [5.74, 6) is 2.56. The van der Waals surface area contributed by atoms with E-state index in [4.69, 9.17) is 17.3 Å². The van der Waals surface area contributed by atoms with Crippen molar-refractivity contribution in [2.75, 3.05) is 36.0 Å². The molecule has 4 nitrogen and oxygen atoms in total. The molecule has 0 spiro atoms. The van der Waals surface area contributed by atoms with Crippen molar-refractivity contribution in [2.24, 2.45) is 0 Å². The zero-order valence-electron chi connectivity index (χ0n) is 9.45. The molecule has 0 aliphatic carbocycles. The molecule has 1 saturated heterocycles. The highest BCUT2D eigenvalue weighted by Gasteiger charge is 2.28. The minimum Gasteiger partial charge on any atom is -0.382 e. The molecule has 2 aliphatic heterocycles. The molecule has 1 aromatic heterocycles. The number of pyridine rings is 1. The second-order valence-electron chi connectivity index (χ2n) is 4.37. The van der Waals surface area contributed by atoms with E-state index in [-0.39, 0.29) is 0 Å². The van der Waals surface area contributed by atoms with Gasteiger partial charge in [-0.25, -0.2) is 4.98 Å². The van der Waals surface area contributed by atoms with Crippen molar-refractivity contribution in [3.8, 4) is 0 Å². The highest BCUT2D eigenvalue weighted by atomic mass is 35.5. The fourth-order valence-electron chi connectivity index (χ4n) is 2.39. The number of nitrogens with one attached hydrogen (secondary N) is 1. The summed E-state index contributed by atoms with van der Waals surface area (Å²) in [6, 6.07) is 2.49. The summed E-state index contributed by atoms with van der Waals surface area (Å²) in [5.41, 5.74) is 5.82. The number of hydrogen-bond donors (Lipinski definition) is 2. The lowest BCUT2D eigenvalue weighted by Crippen LogP contribution is -2.51. The van der Waals surface area contributed by atoms with Crippen LogP contribution in [0.4, 0.5) is 11.6 Å². The van der Waals surface area contributed by atoms with Crippen molar-refractivity contribution in [2.45, 2.75) is 17.4 Å². The Hall–Kier alpha value is -0.650. The first-order valence-corrected chi connectivity index (χ1v) is 7.18. The molecule has 0 bridgehead atoms. The first-order valence-electron chi connectivity index (χ1n) is 5.82. The highest BCUT2D eigenvalue weighted by Crippen LogP contribution is 2.38. The van der Waals surface area contributed by atoms with Crippen LogP contribution in [0.5, 0.6) is 0 Å². The number of halogens is 1. The normalized spacial score (nSPS) is 23.8. The van der Waals surface area contributed by atoms with Gasteiger partial charge in [-0.05, 0) is 12.5 Å². The van der Waals surface area contributed by atoms with E-state index < -0.39 is 0 Å². The number of rotatable bonds is 0. The second-order valence-corrected chi connectivity index (χ2v) is 5.91. The van der Waals surface area contributed by atoms with Crippen LogP contribution in [-0.4, -0.2) is 36.4 Å². The van der Waals surface area contributed by atoms with Crippen LogP contribution < -0.4 is 16.0 Å². The number of nitrogens with zero attached hydrogens (tertiary/aromatic N) is 2. The Labute approximate surface area is 110 Å². The van der Waals surface area contributed by atoms with Gasteiger partial charge in [-0.1, -0.05) is 11.6 Å². The molecule has 0 amide bonds. The van der Waals surface area contributed by atoms with E-state index in [0.717, 1.165) is 36.1 Å². The first-order chi connectivity index (χ1) is 8.25. The summed E-state index contributed by atoms with van der Waals surface area (Å²) in [5, 5.41) is 3.99. The molecule has 2 aliphatic rings. The van der Waals surface area contributed by atoms with Crippen LogP contribution in [0.1, 0.15) is 6.42 Å². The molecule has 3 rings (SSSR count). The largest absolute Gasteiger partial charge is 0.382 e. The lowest BCUT2D eigenvalue weighted by molar-refractivity contribution is 0.465. The Morgan fingerprint density at radius 3 is 3.35 bits per heavy atom. The Bertz CT molecular complexity index is 440. The molecule has 3 N–H and O–H groups in total. The van der Waals surface area contributed by atoms with Gasteiger partial charge in [0.15, 0.2) is 0 Å². The molecule has 0 radical (unpaired) electrons. The van der Waals surface area contributed by atoms with Crippen LogP contribution in [0, 0.1) is 0 Å². The summed E-state index contributed by atoms with van der Waals surface area (Å²) < 4.78 is 0. The minimum absolute atomic E-state index is 0.435. The van der Waals surface area contributed by atoms with Crippen LogP contribution in [-0.2, 0) is 0 Å². The van der Waals surface area contributed by atoms with E-state index in [1.54, 1.807) is 0 Å². The fraction of sp³-hybridized carbons (Fsp3) is 0.545. The lowest BCUT2D eigenvalue weighted by atomic mass is 10.1. The fourth-order valence-corrected chi connectivity index (χ4v) is 3.71. The van der Waals surface area contributed by atoms with Crippen molar-refractivity contribution in [3.05, 3.63) is 11.1 Å². The lowest BCUT2D eigenvalue weighted by Gasteiger charge is -2.36. The zero-order chi connectivity index (χ0) is 11.8. The minimum atomic E-state index is 0.435. The number of fused-ring (bicyclic) bond motifs is 3. The van der Waals surface area contributed by atoms with E-state index >= 15 is 0 Å². The molecular weight excluding hydrogens is 256 g/mol. The van der Waals surface area contributed by atoms with E-state index in [9.17, 15) is 0 Å². The molecular formula is C11H15ClN4S. The zero-order valence-corrected chi connectivity index (χ0v) is 11.0. The molecule has 3 heterocycles. The van der Waals surface area contributed by atoms with Gasteiger partial charge in [0, 0.05) is 31.4 Å². The van der Waals surface area contributed by atoms with Crippen LogP contribution in [0.2, 0.25) is 5.02 Å². The van der Waals surface area contributed by atoms with E-state index in [2.05, 4.69) is 15.2 Å². The number of nitrogen functional groups attached to an aromatic ring is 1. The van der Waals surface area contributed by atoms with E-state index in [0.29, 0.717) is 16.9 Å². The number of nitrogens with two attached hydrogens (primary N) is 1. The Morgan fingerprint density at radius 2 is 2.47 bits per heavy atom. The number of anilines is 2. The van der Waals surface area contributed by atoms with Crippen molar-refractivity contribution in [1.82, 2.24) is 10.3 Å². The predicted octanol–water partition coefficient (Wildman–Crippen LogP) is 1.59. The van der Waals surface area contributed by atoms with Crippen LogP contribution in [0.25, 0.3) is 0 Å². The number of hydrogen-bond acceptors (Lipinski definition) is 5. The molecule has 1 aromatic rings. The highest BCUT2D eigenvalue weighted by molar-refractivity contribution is 7.99. The van der Waals surface area contributed by atoms with Gasteiger partial charge >= 0.3 is 0 Å². The van der Waals surface area contributed by atoms with Crippen molar-refractivity contribution in [1.29, 1.82) is 0 Å². The average Bonchev–Trinajstić information content (AvgIpc) is 2.50. The Morgan fingerprint density at radius 1 is 1.59 bits per heavy atom. The average molecular weight is 271 g/mol. The van der Waals surface area contributed by atoms with Crippen molar-refractivity contribution < 1.29 is 0 Å². The topological polar surface area (TPSA) is 54.2 Å². The van der Waals surface area contributed by atoms with Gasteiger partial charge in [0.1, 0.15) is 11.6 Å². The maximum Gasteiger partial charge on any atom is 0.145 e. The summed E-state index contributed by atoms with van der Waals surface area (Å²) >= 11 is 7.87. The van der Waals surface area contributed by atoms with Gasteiger partial charge in [0.2, 0.25) is 0 Å². The number of aromatic nitrogens is 1. The molecule has 1 fully saturated rings. The maximum atomic E-state index is 6.04. The number of thioether (sulfide) groups is 1. The molecule has 1 atom stereocenters. The summed E-state index contributed by atoms with van der Waals surface area (Å²) in [6.07, 6.45) is 1.17. The van der Waals surface area contributed by atoms with Crippen LogP contribution in [0.15, 0.2) is 11.0 Å². The Kier molecular flexibility index (Phi) is 3.06. The molecule has 0 unspecified atom stereocenters. The third-order valence-corrected chi connectivity index (χ3v) is 4.63. The van der Waals surface area contributed by atoms with Gasteiger partial charge in [0.05, 0.1) is 9.92 Å². The van der Waals surface area contributed by atoms with Gasteiger partial charge in [-0.15, -0.1) is 11.8 Å². The smallest absolute Gasteiger partial charge is 0.145 e. The second kappa shape index (κ2) is 4.55. The van der Waals surface area contributed by atoms with E-state index in [1.165, 1.54) is 6.42 Å².